The summed E-state index contributed by atoms with van der Waals surface area (Å²) in [4.78, 5) is 11.1. The number of aliphatic hydroxyl groups is 1. The fourth-order valence-corrected chi connectivity index (χ4v) is 4.05. The van der Waals surface area contributed by atoms with Crippen molar-refractivity contribution >= 4 is 57.9 Å². The van der Waals surface area contributed by atoms with Crippen LogP contribution in [0.1, 0.15) is 5.56 Å². The van der Waals surface area contributed by atoms with Crippen LogP contribution in [0.25, 0.3) is 11.1 Å². The maximum Gasteiger partial charge on any atom is 0.559 e. The molecule has 0 spiro atoms. The second-order valence-corrected chi connectivity index (χ2v) is 7.43. The van der Waals surface area contributed by atoms with Gasteiger partial charge in [-0.05, 0) is 18.2 Å². The van der Waals surface area contributed by atoms with Crippen molar-refractivity contribution in [2.24, 2.45) is 0 Å². The number of nitro benzene ring substituents is 1. The van der Waals surface area contributed by atoms with E-state index >= 15 is 0 Å². The molecule has 0 saturated heterocycles. The lowest BCUT2D eigenvalue weighted by atomic mass is 9.96. The zero-order valence-corrected chi connectivity index (χ0v) is 16.9. The number of aliphatic hydroxyl groups excluding tert-OH is 1. The Labute approximate surface area is 180 Å². The van der Waals surface area contributed by atoms with E-state index in [2.05, 4.69) is 0 Å². The molecule has 0 aliphatic carbocycles. The second kappa shape index (κ2) is 7.55. The van der Waals surface area contributed by atoms with Gasteiger partial charge >= 0.3 is 6.08 Å². The molecule has 0 aromatic heterocycles. The summed E-state index contributed by atoms with van der Waals surface area (Å²) < 4.78 is 6.71. The van der Waals surface area contributed by atoms with Crippen LogP contribution in [0.4, 0.5) is 17.1 Å². The third-order valence-electron chi connectivity index (χ3n) is 4.52. The molecule has 1 heterocycles. The van der Waals surface area contributed by atoms with Crippen molar-refractivity contribution in [2.45, 2.75) is 6.61 Å². The van der Waals surface area contributed by atoms with Crippen molar-refractivity contribution in [3.63, 3.8) is 0 Å². The topological polar surface area (TPSA) is 75.6 Å². The number of para-hydroxylation sites is 1. The predicted molar refractivity (Wildman–Crippen MR) is 114 cm³/mol. The zero-order chi connectivity index (χ0) is 20.7. The summed E-state index contributed by atoms with van der Waals surface area (Å²) in [6, 6.07) is 14.6. The molecule has 0 radical (unpaired) electrons. The average Bonchev–Trinajstić information content (AvgIpc) is 2.69. The maximum atomic E-state index is 11.6. The molecule has 1 aliphatic rings. The van der Waals surface area contributed by atoms with Gasteiger partial charge in [0, 0.05) is 22.2 Å². The first-order valence-corrected chi connectivity index (χ1v) is 9.51. The van der Waals surface area contributed by atoms with Gasteiger partial charge < -0.3 is 9.84 Å². The molecule has 0 saturated carbocycles. The van der Waals surface area contributed by atoms with Gasteiger partial charge in [-0.2, -0.15) is 0 Å². The number of hydrogen-bond donors (Lipinski definition) is 1. The van der Waals surface area contributed by atoms with Crippen LogP contribution in [-0.2, 0) is 11.3 Å². The molecule has 1 aliphatic heterocycles. The number of nitro groups is 1. The molecule has 6 nitrogen and oxygen atoms in total. The highest BCUT2D eigenvalue weighted by atomic mass is 35.5. The molecule has 0 bridgehead atoms. The van der Waals surface area contributed by atoms with Crippen LogP contribution in [-0.4, -0.2) is 16.1 Å². The van der Waals surface area contributed by atoms with Gasteiger partial charge in [0.2, 0.25) is 5.69 Å². The zero-order valence-electron chi connectivity index (χ0n) is 14.6. The van der Waals surface area contributed by atoms with E-state index in [-0.39, 0.29) is 28.0 Å². The Balaban J connectivity index is 2.07. The lowest BCUT2D eigenvalue weighted by Gasteiger charge is -2.18. The van der Waals surface area contributed by atoms with Crippen LogP contribution < -0.4 is 4.58 Å². The van der Waals surface area contributed by atoms with Crippen LogP contribution in [0, 0.1) is 10.1 Å². The van der Waals surface area contributed by atoms with Crippen LogP contribution in [0.5, 0.6) is 0 Å². The van der Waals surface area contributed by atoms with Crippen LogP contribution in [0.15, 0.2) is 54.6 Å². The minimum absolute atomic E-state index is 0.0156. The van der Waals surface area contributed by atoms with E-state index in [4.69, 9.17) is 39.5 Å². The molecule has 3 aromatic carbocycles. The largest absolute Gasteiger partial charge is 0.559 e. The normalized spacial score (nSPS) is 13.1. The summed E-state index contributed by atoms with van der Waals surface area (Å²) in [7, 11) is 0. The summed E-state index contributed by atoms with van der Waals surface area (Å²) in [5, 5.41) is 23.0. The molecule has 0 unspecified atom stereocenters. The Kier molecular flexibility index (Phi) is 5.08. The van der Waals surface area contributed by atoms with Crippen molar-refractivity contribution in [1.82, 2.24) is 4.58 Å². The Bertz CT molecular complexity index is 1170. The van der Waals surface area contributed by atoms with Crippen molar-refractivity contribution in [2.75, 3.05) is 0 Å². The SMILES string of the molecule is O=[N+]([O-])c1cc(-c2ccccc2Cl)c2c(c1)[N+](c1c(Cl)cccc1Cl)=C(O)OC2. The van der Waals surface area contributed by atoms with Crippen molar-refractivity contribution < 1.29 is 14.8 Å². The fourth-order valence-electron chi connectivity index (χ4n) is 3.24. The third-order valence-corrected chi connectivity index (χ3v) is 5.46. The molecule has 1 N–H and O–H groups in total. The first kappa shape index (κ1) is 19.5. The summed E-state index contributed by atoms with van der Waals surface area (Å²) in [6.45, 7) is -0.0156. The van der Waals surface area contributed by atoms with Gasteiger partial charge in [-0.1, -0.05) is 63.6 Å². The predicted octanol–water partition coefficient (Wildman–Crippen LogP) is 6.50. The number of benzene rings is 3. The fraction of sp³-hybridized carbons (Fsp3) is 0.0500. The van der Waals surface area contributed by atoms with E-state index in [1.807, 2.05) is 0 Å². The van der Waals surface area contributed by atoms with Crippen LogP contribution in [0.2, 0.25) is 15.1 Å². The molecule has 4 rings (SSSR count). The Morgan fingerprint density at radius 2 is 1.62 bits per heavy atom. The monoisotopic (exact) mass is 449 g/mol. The minimum Gasteiger partial charge on any atom is -0.429 e. The van der Waals surface area contributed by atoms with E-state index in [0.717, 1.165) is 0 Å². The second-order valence-electron chi connectivity index (χ2n) is 6.20. The van der Waals surface area contributed by atoms with Crippen LogP contribution >= 0.6 is 34.8 Å². The van der Waals surface area contributed by atoms with Gasteiger partial charge in [0.15, 0.2) is 0 Å². The summed E-state index contributed by atoms with van der Waals surface area (Å²) in [6.07, 6.45) is -0.488. The number of nitrogens with zero attached hydrogens (tertiary/aromatic N) is 2. The lowest BCUT2D eigenvalue weighted by Crippen LogP contribution is -2.26. The Morgan fingerprint density at radius 1 is 0.966 bits per heavy atom. The number of halogens is 3. The Hall–Kier alpha value is -2.80. The highest BCUT2D eigenvalue weighted by molar-refractivity contribution is 6.39. The van der Waals surface area contributed by atoms with Crippen LogP contribution in [0.3, 0.4) is 0 Å². The van der Waals surface area contributed by atoms with Gasteiger partial charge in [0.05, 0.1) is 16.6 Å². The summed E-state index contributed by atoms with van der Waals surface area (Å²) >= 11 is 19.0. The highest BCUT2D eigenvalue weighted by Gasteiger charge is 2.37. The molecule has 0 fully saturated rings. The van der Waals surface area contributed by atoms with Crippen molar-refractivity contribution in [1.29, 1.82) is 0 Å². The molecular formula is C20H12Cl3N2O4+. The number of fused-ring (bicyclic) bond motifs is 1. The van der Waals surface area contributed by atoms with Crippen molar-refractivity contribution in [3.05, 3.63) is 85.3 Å². The van der Waals surface area contributed by atoms with Gasteiger partial charge in [0.1, 0.15) is 16.7 Å². The van der Waals surface area contributed by atoms with E-state index < -0.39 is 11.0 Å². The summed E-state index contributed by atoms with van der Waals surface area (Å²) in [5.41, 5.74) is 2.11. The molecule has 29 heavy (non-hydrogen) atoms. The average molecular weight is 451 g/mol. The van der Waals surface area contributed by atoms with E-state index in [9.17, 15) is 15.2 Å². The van der Waals surface area contributed by atoms with Gasteiger partial charge in [-0.25, -0.2) is 0 Å². The number of rotatable bonds is 3. The number of non-ortho nitro benzene ring substituents is 1. The third kappa shape index (κ3) is 3.40. The number of hydrogen-bond acceptors (Lipinski definition) is 3. The van der Waals surface area contributed by atoms with E-state index in [1.165, 1.54) is 16.7 Å². The Morgan fingerprint density at radius 3 is 2.28 bits per heavy atom. The minimum atomic E-state index is -0.514. The van der Waals surface area contributed by atoms with Gasteiger partial charge in [-0.15, -0.1) is 0 Å². The molecule has 0 amide bonds. The lowest BCUT2D eigenvalue weighted by molar-refractivity contribution is -0.384. The molecular weight excluding hydrogens is 439 g/mol. The first-order valence-electron chi connectivity index (χ1n) is 8.37. The first-order chi connectivity index (χ1) is 13.9. The standard InChI is InChI=1S/C20H11Cl3N2O4/c21-15-5-2-1-4-12(15)13-8-11(25(27)28)9-18-14(13)10-29-20(26)24(18)19-16(22)6-3-7-17(19)23/h1-9H,10H2/p+1. The van der Waals surface area contributed by atoms with Crippen molar-refractivity contribution in [3.8, 4) is 11.1 Å². The maximum absolute atomic E-state index is 11.6. The molecule has 3 aromatic rings. The quantitative estimate of drug-likeness (QED) is 0.281. The van der Waals surface area contributed by atoms with Gasteiger partial charge in [-0.3, -0.25) is 10.1 Å². The molecule has 9 heteroatoms. The van der Waals surface area contributed by atoms with E-state index in [0.29, 0.717) is 27.4 Å². The van der Waals surface area contributed by atoms with Gasteiger partial charge in [0.25, 0.3) is 11.4 Å². The molecule has 0 atom stereocenters. The van der Waals surface area contributed by atoms with E-state index in [1.54, 1.807) is 42.5 Å². The summed E-state index contributed by atoms with van der Waals surface area (Å²) in [5.74, 6) is 0. The smallest absolute Gasteiger partial charge is 0.429 e. The highest BCUT2D eigenvalue weighted by Crippen LogP contribution is 2.44. The molecule has 146 valence electrons. The number of ether oxygens (including phenoxy) is 1.